The summed E-state index contributed by atoms with van der Waals surface area (Å²) in [6.07, 6.45) is 0.591. The SMILES string of the molecule is Cc1cc([N+](=O)[O-])cc(S(=O)(=O)N2CCC(N)C(C)C2)c1C.Cl. The Morgan fingerprint density at radius 2 is 1.96 bits per heavy atom. The van der Waals surface area contributed by atoms with Crippen LogP contribution in [0, 0.1) is 29.9 Å². The van der Waals surface area contributed by atoms with Gasteiger partial charge in [0.2, 0.25) is 10.0 Å². The van der Waals surface area contributed by atoms with E-state index < -0.39 is 14.9 Å². The van der Waals surface area contributed by atoms with Crippen molar-refractivity contribution in [3.8, 4) is 0 Å². The average molecular weight is 364 g/mol. The Labute approximate surface area is 142 Å². The highest BCUT2D eigenvalue weighted by molar-refractivity contribution is 7.89. The Bertz CT molecular complexity index is 708. The van der Waals surface area contributed by atoms with Gasteiger partial charge in [-0.2, -0.15) is 4.31 Å². The fourth-order valence-corrected chi connectivity index (χ4v) is 4.54. The van der Waals surface area contributed by atoms with E-state index >= 15 is 0 Å². The lowest BCUT2D eigenvalue weighted by molar-refractivity contribution is -0.385. The predicted molar refractivity (Wildman–Crippen MR) is 90.3 cm³/mol. The molecule has 0 amide bonds. The third kappa shape index (κ3) is 3.82. The summed E-state index contributed by atoms with van der Waals surface area (Å²) in [5.41, 5.74) is 6.87. The molecule has 0 saturated carbocycles. The molecule has 2 rings (SSSR count). The second-order valence-corrected chi connectivity index (χ2v) is 7.84. The lowest BCUT2D eigenvalue weighted by atomic mass is 9.96. The van der Waals surface area contributed by atoms with Gasteiger partial charge < -0.3 is 5.73 Å². The maximum Gasteiger partial charge on any atom is 0.271 e. The molecule has 1 aliphatic rings. The molecule has 1 saturated heterocycles. The van der Waals surface area contributed by atoms with Crippen molar-refractivity contribution in [2.45, 2.75) is 38.1 Å². The molecule has 2 N–H and O–H groups in total. The first kappa shape index (κ1) is 19.8. The molecule has 2 atom stereocenters. The van der Waals surface area contributed by atoms with Crippen molar-refractivity contribution in [3.05, 3.63) is 33.4 Å². The molecular formula is C14H22ClN3O4S. The summed E-state index contributed by atoms with van der Waals surface area (Å²) in [6, 6.07) is 2.53. The van der Waals surface area contributed by atoms with Crippen LogP contribution in [0.25, 0.3) is 0 Å². The van der Waals surface area contributed by atoms with Gasteiger partial charge in [-0.05, 0) is 37.3 Å². The smallest absolute Gasteiger partial charge is 0.271 e. The minimum atomic E-state index is -3.75. The van der Waals surface area contributed by atoms with Crippen LogP contribution in [0.4, 0.5) is 5.69 Å². The minimum absolute atomic E-state index is 0. The molecule has 1 heterocycles. The van der Waals surface area contributed by atoms with Crippen LogP contribution in [0.5, 0.6) is 0 Å². The van der Waals surface area contributed by atoms with Gasteiger partial charge in [-0.3, -0.25) is 10.1 Å². The molecule has 23 heavy (non-hydrogen) atoms. The minimum Gasteiger partial charge on any atom is -0.327 e. The van der Waals surface area contributed by atoms with Gasteiger partial charge in [0.15, 0.2) is 0 Å². The fraction of sp³-hybridized carbons (Fsp3) is 0.571. The Balaban J connectivity index is 0.00000264. The third-order valence-electron chi connectivity index (χ3n) is 4.37. The van der Waals surface area contributed by atoms with Crippen LogP contribution in [0.2, 0.25) is 0 Å². The van der Waals surface area contributed by atoms with Crippen molar-refractivity contribution in [2.75, 3.05) is 13.1 Å². The molecule has 1 aromatic carbocycles. The zero-order chi connectivity index (χ0) is 16.7. The largest absolute Gasteiger partial charge is 0.327 e. The van der Waals surface area contributed by atoms with Gasteiger partial charge >= 0.3 is 0 Å². The standard InChI is InChI=1S/C14H21N3O4S.ClH/c1-9-6-12(17(18)19)7-14(11(9)3)22(20,21)16-5-4-13(15)10(2)8-16;/h6-7,10,13H,4-5,8,15H2,1-3H3;1H. The van der Waals surface area contributed by atoms with Crippen LogP contribution in [-0.2, 0) is 10.0 Å². The van der Waals surface area contributed by atoms with E-state index in [0.717, 1.165) is 6.07 Å². The molecule has 0 aliphatic carbocycles. The number of aryl methyl sites for hydroxylation is 1. The van der Waals surface area contributed by atoms with Crippen LogP contribution < -0.4 is 5.73 Å². The van der Waals surface area contributed by atoms with Gasteiger partial charge in [-0.1, -0.05) is 6.92 Å². The Morgan fingerprint density at radius 1 is 1.35 bits per heavy atom. The second-order valence-electron chi connectivity index (χ2n) is 5.94. The van der Waals surface area contributed by atoms with E-state index in [1.54, 1.807) is 13.8 Å². The number of hydrogen-bond donors (Lipinski definition) is 1. The van der Waals surface area contributed by atoms with E-state index in [1.165, 1.54) is 10.4 Å². The zero-order valence-electron chi connectivity index (χ0n) is 13.4. The van der Waals surface area contributed by atoms with Crippen molar-refractivity contribution in [2.24, 2.45) is 11.7 Å². The van der Waals surface area contributed by atoms with Gasteiger partial charge in [0, 0.05) is 31.3 Å². The number of nitro groups is 1. The topological polar surface area (TPSA) is 107 Å². The van der Waals surface area contributed by atoms with E-state index in [9.17, 15) is 18.5 Å². The quantitative estimate of drug-likeness (QED) is 0.652. The van der Waals surface area contributed by atoms with Crippen LogP contribution in [0.15, 0.2) is 17.0 Å². The first-order valence-electron chi connectivity index (χ1n) is 7.16. The lowest BCUT2D eigenvalue weighted by Crippen LogP contribution is -2.48. The van der Waals surface area contributed by atoms with E-state index in [2.05, 4.69) is 0 Å². The van der Waals surface area contributed by atoms with E-state index in [1.807, 2.05) is 6.92 Å². The maximum absolute atomic E-state index is 12.8. The highest BCUT2D eigenvalue weighted by Crippen LogP contribution is 2.29. The van der Waals surface area contributed by atoms with Crippen molar-refractivity contribution < 1.29 is 13.3 Å². The van der Waals surface area contributed by atoms with Crippen LogP contribution >= 0.6 is 12.4 Å². The third-order valence-corrected chi connectivity index (χ3v) is 6.36. The molecule has 130 valence electrons. The predicted octanol–water partition coefficient (Wildman–Crippen LogP) is 1.99. The van der Waals surface area contributed by atoms with Crippen LogP contribution in [-0.4, -0.2) is 36.8 Å². The Morgan fingerprint density at radius 3 is 2.48 bits per heavy atom. The molecule has 9 heteroatoms. The molecule has 0 bridgehead atoms. The van der Waals surface area contributed by atoms with Crippen molar-refractivity contribution in [1.82, 2.24) is 4.31 Å². The van der Waals surface area contributed by atoms with Crippen molar-refractivity contribution in [1.29, 1.82) is 0 Å². The number of piperidine rings is 1. The molecule has 0 spiro atoms. The number of benzene rings is 1. The number of nitrogens with two attached hydrogens (primary N) is 1. The Kier molecular flexibility index (Phi) is 6.14. The number of halogens is 1. The first-order valence-corrected chi connectivity index (χ1v) is 8.60. The number of nitrogens with zero attached hydrogens (tertiary/aromatic N) is 2. The van der Waals surface area contributed by atoms with Gasteiger partial charge in [-0.15, -0.1) is 12.4 Å². The van der Waals surface area contributed by atoms with E-state index in [4.69, 9.17) is 5.73 Å². The summed E-state index contributed by atoms with van der Waals surface area (Å²) in [5.74, 6) is 0.0589. The molecule has 0 radical (unpaired) electrons. The fourth-order valence-electron chi connectivity index (χ4n) is 2.66. The number of non-ortho nitro benzene ring substituents is 1. The molecule has 1 aromatic rings. The van der Waals surface area contributed by atoms with Crippen molar-refractivity contribution in [3.63, 3.8) is 0 Å². The summed E-state index contributed by atoms with van der Waals surface area (Å²) >= 11 is 0. The highest BCUT2D eigenvalue weighted by Gasteiger charge is 2.34. The van der Waals surface area contributed by atoms with Gasteiger partial charge in [0.05, 0.1) is 9.82 Å². The monoisotopic (exact) mass is 363 g/mol. The summed E-state index contributed by atoms with van der Waals surface area (Å²) in [4.78, 5) is 10.4. The molecule has 1 aliphatic heterocycles. The number of rotatable bonds is 3. The molecule has 1 fully saturated rings. The summed E-state index contributed by atoms with van der Waals surface area (Å²) in [7, 11) is -3.75. The maximum atomic E-state index is 12.8. The second kappa shape index (κ2) is 7.12. The van der Waals surface area contributed by atoms with Gasteiger partial charge in [0.1, 0.15) is 0 Å². The van der Waals surface area contributed by atoms with Crippen LogP contribution in [0.1, 0.15) is 24.5 Å². The normalized spacial score (nSPS) is 22.4. The lowest BCUT2D eigenvalue weighted by Gasteiger charge is -2.34. The van der Waals surface area contributed by atoms with E-state index in [0.29, 0.717) is 30.6 Å². The van der Waals surface area contributed by atoms with Gasteiger partial charge in [-0.25, -0.2) is 8.42 Å². The average Bonchev–Trinajstić information content (AvgIpc) is 2.44. The number of hydrogen-bond acceptors (Lipinski definition) is 5. The zero-order valence-corrected chi connectivity index (χ0v) is 15.0. The number of sulfonamides is 1. The molecule has 2 unspecified atom stereocenters. The van der Waals surface area contributed by atoms with Crippen molar-refractivity contribution >= 4 is 28.1 Å². The molecule has 0 aromatic heterocycles. The number of nitro benzene ring substituents is 1. The summed E-state index contributed by atoms with van der Waals surface area (Å²) < 4.78 is 27.1. The molecule has 7 nitrogen and oxygen atoms in total. The van der Waals surface area contributed by atoms with Crippen LogP contribution in [0.3, 0.4) is 0 Å². The van der Waals surface area contributed by atoms with E-state index in [-0.39, 0.29) is 34.9 Å². The van der Waals surface area contributed by atoms with Gasteiger partial charge in [0.25, 0.3) is 5.69 Å². The Hall–Kier alpha value is -1.22. The highest BCUT2D eigenvalue weighted by atomic mass is 35.5. The summed E-state index contributed by atoms with van der Waals surface area (Å²) in [5, 5.41) is 11.0. The summed E-state index contributed by atoms with van der Waals surface area (Å²) in [6.45, 7) is 5.94. The first-order chi connectivity index (χ1) is 10.1. The molecular weight excluding hydrogens is 342 g/mol.